The summed E-state index contributed by atoms with van der Waals surface area (Å²) in [5, 5.41) is 8.06. The van der Waals surface area contributed by atoms with E-state index in [1.54, 1.807) is 37.3 Å². The first-order valence-corrected chi connectivity index (χ1v) is 10.5. The molecule has 0 unspecified atom stereocenters. The summed E-state index contributed by atoms with van der Waals surface area (Å²) in [6.07, 6.45) is -4.45. The summed E-state index contributed by atoms with van der Waals surface area (Å²) in [6.45, 7) is 5.09. The number of ether oxygens (including phenoxy) is 5. The van der Waals surface area contributed by atoms with Crippen LogP contribution in [-0.4, -0.2) is 70.4 Å². The van der Waals surface area contributed by atoms with Gasteiger partial charge in [-0.15, -0.1) is 5.10 Å². The van der Waals surface area contributed by atoms with Crippen LogP contribution in [0.1, 0.15) is 44.4 Å². The Bertz CT molecular complexity index is 1050. The first-order valence-electron chi connectivity index (χ1n) is 10.5. The molecule has 12 nitrogen and oxygen atoms in total. The maximum atomic E-state index is 12.6. The molecule has 2 aromatic rings. The molecule has 34 heavy (non-hydrogen) atoms. The molecule has 4 atom stereocenters. The number of aromatic nitrogens is 3. The van der Waals surface area contributed by atoms with Crippen molar-refractivity contribution in [3.63, 3.8) is 0 Å². The fraction of sp³-hybridized carbons (Fsp3) is 0.455. The van der Waals surface area contributed by atoms with Gasteiger partial charge in [0.15, 0.2) is 24.1 Å². The Morgan fingerprint density at radius 3 is 2.18 bits per heavy atom. The highest BCUT2D eigenvalue weighted by Gasteiger charge is 2.52. The second kappa shape index (κ2) is 10.9. The minimum absolute atomic E-state index is 0.0781. The fourth-order valence-corrected chi connectivity index (χ4v) is 3.56. The minimum atomic E-state index is -1.18. The molecule has 1 aliphatic rings. The molecule has 1 fully saturated rings. The maximum absolute atomic E-state index is 12.6. The molecule has 1 aliphatic heterocycles. The summed E-state index contributed by atoms with van der Waals surface area (Å²) >= 11 is 0. The zero-order chi connectivity index (χ0) is 24.8. The molecule has 0 radical (unpaired) electrons. The fourth-order valence-electron chi connectivity index (χ4n) is 3.56. The molecular weight excluding hydrogens is 450 g/mol. The Kier molecular flexibility index (Phi) is 7.95. The van der Waals surface area contributed by atoms with E-state index in [1.165, 1.54) is 25.5 Å². The van der Waals surface area contributed by atoms with E-state index in [1.807, 2.05) is 0 Å². The molecule has 0 aliphatic carbocycles. The van der Waals surface area contributed by atoms with Crippen LogP contribution >= 0.6 is 0 Å². The third kappa shape index (κ3) is 5.57. The van der Waals surface area contributed by atoms with Crippen molar-refractivity contribution < 1.29 is 42.9 Å². The zero-order valence-corrected chi connectivity index (χ0v) is 19.1. The van der Waals surface area contributed by atoms with E-state index in [0.717, 1.165) is 0 Å². The Hall–Kier alpha value is -3.80. The number of nitrogens with zero attached hydrogens (tertiary/aromatic N) is 3. The van der Waals surface area contributed by atoms with Gasteiger partial charge in [0.25, 0.3) is 0 Å². The standard InChI is InChI=1S/C22H25N3O9/c1-5-30-22(29)17-18(15-9-7-6-8-10-15)25(24-23-17)21-20(33-14(4)28)19(32-13(3)27)16(34-21)11-31-12(2)26/h6-10,16,19-21H,5,11H2,1-4H3/t16-,19-,20-,21-/m1/s1. The molecule has 1 aromatic carbocycles. The number of hydrogen-bond donors (Lipinski definition) is 0. The van der Waals surface area contributed by atoms with Crippen molar-refractivity contribution >= 4 is 23.9 Å². The molecule has 3 rings (SSSR count). The van der Waals surface area contributed by atoms with Crippen molar-refractivity contribution in [1.82, 2.24) is 15.0 Å². The SMILES string of the molecule is CCOC(=O)c1nnn([C@@H]2O[C@H](COC(C)=O)[C@@H](OC(C)=O)[C@H]2OC(C)=O)c1-c1ccccc1. The summed E-state index contributed by atoms with van der Waals surface area (Å²) in [6, 6.07) is 8.76. The Morgan fingerprint density at radius 2 is 1.59 bits per heavy atom. The predicted molar refractivity (Wildman–Crippen MR) is 113 cm³/mol. The number of benzene rings is 1. The van der Waals surface area contributed by atoms with Crippen molar-refractivity contribution in [3.8, 4) is 11.3 Å². The molecule has 0 saturated carbocycles. The minimum Gasteiger partial charge on any atom is -0.463 e. The van der Waals surface area contributed by atoms with Crippen LogP contribution in [0.4, 0.5) is 0 Å². The van der Waals surface area contributed by atoms with E-state index in [-0.39, 0.29) is 24.6 Å². The van der Waals surface area contributed by atoms with Crippen LogP contribution < -0.4 is 0 Å². The molecule has 1 aromatic heterocycles. The number of rotatable bonds is 8. The lowest BCUT2D eigenvalue weighted by atomic mass is 10.1. The molecule has 0 spiro atoms. The van der Waals surface area contributed by atoms with Crippen LogP contribution in [0, 0.1) is 0 Å². The average molecular weight is 475 g/mol. The van der Waals surface area contributed by atoms with Gasteiger partial charge in [-0.2, -0.15) is 0 Å². The topological polar surface area (TPSA) is 145 Å². The lowest BCUT2D eigenvalue weighted by Gasteiger charge is -2.23. The van der Waals surface area contributed by atoms with Gasteiger partial charge in [-0.05, 0) is 6.92 Å². The highest BCUT2D eigenvalue weighted by molar-refractivity contribution is 5.94. The van der Waals surface area contributed by atoms with Crippen molar-refractivity contribution in [1.29, 1.82) is 0 Å². The quantitative estimate of drug-likeness (QED) is 0.404. The van der Waals surface area contributed by atoms with Gasteiger partial charge in [-0.3, -0.25) is 14.4 Å². The van der Waals surface area contributed by atoms with Crippen LogP contribution in [-0.2, 0) is 38.1 Å². The lowest BCUT2D eigenvalue weighted by molar-refractivity contribution is -0.166. The van der Waals surface area contributed by atoms with Crippen LogP contribution in [0.15, 0.2) is 30.3 Å². The zero-order valence-electron chi connectivity index (χ0n) is 19.1. The second-order valence-corrected chi connectivity index (χ2v) is 7.33. The molecule has 0 bridgehead atoms. The third-order valence-corrected chi connectivity index (χ3v) is 4.79. The molecule has 2 heterocycles. The maximum Gasteiger partial charge on any atom is 0.361 e. The van der Waals surface area contributed by atoms with E-state index in [0.29, 0.717) is 5.56 Å². The third-order valence-electron chi connectivity index (χ3n) is 4.79. The van der Waals surface area contributed by atoms with E-state index in [9.17, 15) is 19.2 Å². The first-order chi connectivity index (χ1) is 16.2. The summed E-state index contributed by atoms with van der Waals surface area (Å²) in [5.41, 5.74) is 0.731. The van der Waals surface area contributed by atoms with Gasteiger partial charge in [0.1, 0.15) is 18.4 Å². The van der Waals surface area contributed by atoms with Crippen molar-refractivity contribution in [2.75, 3.05) is 13.2 Å². The Labute approximate surface area is 195 Å². The van der Waals surface area contributed by atoms with Crippen molar-refractivity contribution in [2.24, 2.45) is 0 Å². The monoisotopic (exact) mass is 475 g/mol. The van der Waals surface area contributed by atoms with Gasteiger partial charge < -0.3 is 23.7 Å². The van der Waals surface area contributed by atoms with Crippen LogP contribution in [0.3, 0.4) is 0 Å². The first kappa shape index (κ1) is 24.8. The molecule has 182 valence electrons. The molecule has 12 heteroatoms. The van der Waals surface area contributed by atoms with E-state index in [2.05, 4.69) is 10.3 Å². The highest BCUT2D eigenvalue weighted by atomic mass is 16.7. The van der Waals surface area contributed by atoms with Gasteiger partial charge in [0.05, 0.1) is 6.61 Å². The van der Waals surface area contributed by atoms with E-state index < -0.39 is 48.4 Å². The number of carbonyl (C=O) groups is 4. The second-order valence-electron chi connectivity index (χ2n) is 7.33. The van der Waals surface area contributed by atoms with Gasteiger partial charge in [0.2, 0.25) is 0 Å². The van der Waals surface area contributed by atoms with Crippen LogP contribution in [0.25, 0.3) is 11.3 Å². The summed E-state index contributed by atoms with van der Waals surface area (Å²) in [7, 11) is 0. The van der Waals surface area contributed by atoms with Gasteiger partial charge in [-0.1, -0.05) is 35.5 Å². The highest BCUT2D eigenvalue weighted by Crippen LogP contribution is 2.37. The molecular formula is C22H25N3O9. The van der Waals surface area contributed by atoms with E-state index >= 15 is 0 Å². The molecule has 0 N–H and O–H groups in total. The van der Waals surface area contributed by atoms with Gasteiger partial charge >= 0.3 is 23.9 Å². The number of carbonyl (C=O) groups excluding carboxylic acids is 4. The lowest BCUT2D eigenvalue weighted by Crippen LogP contribution is -2.40. The largest absolute Gasteiger partial charge is 0.463 e. The van der Waals surface area contributed by atoms with Crippen LogP contribution in [0.5, 0.6) is 0 Å². The number of esters is 4. The van der Waals surface area contributed by atoms with Crippen LogP contribution in [0.2, 0.25) is 0 Å². The predicted octanol–water partition coefficient (Wildman–Crippen LogP) is 1.45. The summed E-state index contributed by atoms with van der Waals surface area (Å²) in [5.74, 6) is -2.61. The smallest absolute Gasteiger partial charge is 0.361 e. The molecule has 1 saturated heterocycles. The normalized spacial score (nSPS) is 21.5. The van der Waals surface area contributed by atoms with E-state index in [4.69, 9.17) is 23.7 Å². The summed E-state index contributed by atoms with van der Waals surface area (Å²) in [4.78, 5) is 47.7. The van der Waals surface area contributed by atoms with Gasteiger partial charge in [-0.25, -0.2) is 9.48 Å². The Morgan fingerprint density at radius 1 is 0.941 bits per heavy atom. The average Bonchev–Trinajstić information content (AvgIpc) is 3.35. The van der Waals surface area contributed by atoms with Gasteiger partial charge in [0, 0.05) is 26.3 Å². The summed E-state index contributed by atoms with van der Waals surface area (Å²) < 4.78 is 28.3. The van der Waals surface area contributed by atoms with Crippen molar-refractivity contribution in [2.45, 2.75) is 52.2 Å². The Balaban J connectivity index is 2.11. The van der Waals surface area contributed by atoms with Crippen molar-refractivity contribution in [3.05, 3.63) is 36.0 Å². The number of hydrogen-bond acceptors (Lipinski definition) is 11. The molecule has 0 amide bonds.